The Morgan fingerprint density at radius 3 is 3.00 bits per heavy atom. The van der Waals surface area contributed by atoms with Crippen LogP contribution in [0.25, 0.3) is 11.0 Å². The first-order valence-electron chi connectivity index (χ1n) is 3.26. The van der Waals surface area contributed by atoms with Gasteiger partial charge in [-0.25, -0.2) is 4.39 Å². The Hall–Kier alpha value is -1.31. The Morgan fingerprint density at radius 1 is 1.36 bits per heavy atom. The van der Waals surface area contributed by atoms with E-state index in [2.05, 4.69) is 6.92 Å². The van der Waals surface area contributed by atoms with Gasteiger partial charge in [-0.3, -0.25) is 0 Å². The van der Waals surface area contributed by atoms with Gasteiger partial charge in [0, 0.05) is 0 Å². The first-order chi connectivity index (χ1) is 5.27. The van der Waals surface area contributed by atoms with Crippen molar-refractivity contribution in [3.8, 4) is 0 Å². The predicted octanol–water partition coefficient (Wildman–Crippen LogP) is 2.75. The summed E-state index contributed by atoms with van der Waals surface area (Å²) in [7, 11) is 0. The maximum absolute atomic E-state index is 12.8. The summed E-state index contributed by atoms with van der Waals surface area (Å²) < 4.78 is 17.7. The van der Waals surface area contributed by atoms with Gasteiger partial charge in [-0.1, -0.05) is 6.07 Å². The minimum absolute atomic E-state index is 0.328. The van der Waals surface area contributed by atoms with Crippen molar-refractivity contribution in [3.63, 3.8) is 0 Å². The molecule has 2 heteroatoms. The van der Waals surface area contributed by atoms with Crippen molar-refractivity contribution in [2.45, 2.75) is 0 Å². The second kappa shape index (κ2) is 2.09. The van der Waals surface area contributed by atoms with Crippen molar-refractivity contribution in [1.82, 2.24) is 0 Å². The van der Waals surface area contributed by atoms with Crippen LogP contribution in [-0.2, 0) is 0 Å². The number of rotatable bonds is 0. The van der Waals surface area contributed by atoms with Crippen LogP contribution >= 0.6 is 0 Å². The Morgan fingerprint density at radius 2 is 2.18 bits per heavy atom. The van der Waals surface area contributed by atoms with E-state index >= 15 is 0 Å². The van der Waals surface area contributed by atoms with Gasteiger partial charge in [0.25, 0.3) is 0 Å². The summed E-state index contributed by atoms with van der Waals surface area (Å²) in [6.45, 7) is 3.68. The lowest BCUT2D eigenvalue weighted by atomic mass is 10.2. The van der Waals surface area contributed by atoms with Crippen molar-refractivity contribution >= 4 is 11.0 Å². The quantitative estimate of drug-likeness (QED) is 0.561. The standard InChI is InChI=1S/C9H6FO/c1-6-2-3-9-7(4-6)8(10)5-11-9/h2-5H,1H2. The molecule has 0 saturated heterocycles. The zero-order valence-electron chi connectivity index (χ0n) is 5.80. The highest BCUT2D eigenvalue weighted by atomic mass is 19.1. The summed E-state index contributed by atoms with van der Waals surface area (Å²) in [5.41, 5.74) is 1.35. The zero-order valence-corrected chi connectivity index (χ0v) is 5.80. The number of furan rings is 1. The molecule has 0 saturated carbocycles. The fourth-order valence-electron chi connectivity index (χ4n) is 1.05. The van der Waals surface area contributed by atoms with Gasteiger partial charge in [0.1, 0.15) is 11.8 Å². The van der Waals surface area contributed by atoms with E-state index in [0.717, 1.165) is 11.8 Å². The van der Waals surface area contributed by atoms with E-state index in [9.17, 15) is 4.39 Å². The third kappa shape index (κ3) is 0.909. The zero-order chi connectivity index (χ0) is 7.84. The van der Waals surface area contributed by atoms with Gasteiger partial charge in [-0.15, -0.1) is 0 Å². The Labute approximate surface area is 63.4 Å². The van der Waals surface area contributed by atoms with Crippen molar-refractivity contribution in [2.75, 3.05) is 0 Å². The molecule has 0 unspecified atom stereocenters. The summed E-state index contributed by atoms with van der Waals surface area (Å²) in [5.74, 6) is -0.328. The molecule has 1 aromatic carbocycles. The molecule has 0 aliphatic heterocycles. The first-order valence-corrected chi connectivity index (χ1v) is 3.26. The van der Waals surface area contributed by atoms with E-state index in [0.29, 0.717) is 11.0 Å². The fourth-order valence-corrected chi connectivity index (χ4v) is 1.05. The van der Waals surface area contributed by atoms with Crippen molar-refractivity contribution in [3.05, 3.63) is 42.8 Å². The molecule has 0 atom stereocenters. The van der Waals surface area contributed by atoms with Gasteiger partial charge in [-0.2, -0.15) is 0 Å². The highest BCUT2D eigenvalue weighted by Gasteiger charge is 2.03. The van der Waals surface area contributed by atoms with Crippen LogP contribution in [0.3, 0.4) is 0 Å². The molecule has 0 fully saturated rings. The maximum atomic E-state index is 12.8. The maximum Gasteiger partial charge on any atom is 0.169 e. The predicted molar refractivity (Wildman–Crippen MR) is 40.6 cm³/mol. The van der Waals surface area contributed by atoms with Gasteiger partial charge in [0.2, 0.25) is 0 Å². The molecule has 11 heavy (non-hydrogen) atoms. The molecule has 1 nitrogen and oxygen atoms in total. The van der Waals surface area contributed by atoms with Crippen LogP contribution in [-0.4, -0.2) is 0 Å². The summed E-state index contributed by atoms with van der Waals surface area (Å²) in [4.78, 5) is 0. The second-order valence-electron chi connectivity index (χ2n) is 2.41. The monoisotopic (exact) mass is 149 g/mol. The van der Waals surface area contributed by atoms with Crippen molar-refractivity contribution < 1.29 is 8.81 Å². The molecule has 1 radical (unpaired) electrons. The molecule has 0 aliphatic carbocycles. The van der Waals surface area contributed by atoms with Crippen LogP contribution in [0, 0.1) is 12.7 Å². The normalized spacial score (nSPS) is 10.7. The van der Waals surface area contributed by atoms with Crippen LogP contribution in [0.2, 0.25) is 0 Å². The second-order valence-corrected chi connectivity index (χ2v) is 2.41. The number of hydrogen-bond acceptors (Lipinski definition) is 1. The molecule has 1 aromatic heterocycles. The molecular weight excluding hydrogens is 143 g/mol. The van der Waals surface area contributed by atoms with E-state index in [1.165, 1.54) is 0 Å². The largest absolute Gasteiger partial charge is 0.461 e. The molecule has 0 amide bonds. The van der Waals surface area contributed by atoms with E-state index < -0.39 is 0 Å². The fraction of sp³-hybridized carbons (Fsp3) is 0. The van der Waals surface area contributed by atoms with E-state index in [-0.39, 0.29) is 5.82 Å². The lowest BCUT2D eigenvalue weighted by Crippen LogP contribution is -1.71. The van der Waals surface area contributed by atoms with Crippen molar-refractivity contribution in [2.24, 2.45) is 0 Å². The molecule has 1 heterocycles. The van der Waals surface area contributed by atoms with Gasteiger partial charge in [0.05, 0.1) is 5.39 Å². The topological polar surface area (TPSA) is 13.1 Å². The molecule has 0 N–H and O–H groups in total. The van der Waals surface area contributed by atoms with Crippen LogP contribution in [0.5, 0.6) is 0 Å². The first kappa shape index (κ1) is 6.40. The smallest absolute Gasteiger partial charge is 0.169 e. The van der Waals surface area contributed by atoms with Gasteiger partial charge < -0.3 is 4.42 Å². The van der Waals surface area contributed by atoms with Gasteiger partial charge in [0.15, 0.2) is 5.82 Å². The van der Waals surface area contributed by atoms with E-state index in [1.54, 1.807) is 18.2 Å². The van der Waals surface area contributed by atoms with Crippen molar-refractivity contribution in [1.29, 1.82) is 0 Å². The Balaban J connectivity index is 2.87. The molecule has 2 aromatic rings. The van der Waals surface area contributed by atoms with Crippen LogP contribution in [0.15, 0.2) is 28.9 Å². The molecule has 0 aliphatic rings. The molecule has 55 valence electrons. The summed E-state index contributed by atoms with van der Waals surface area (Å²) in [6, 6.07) is 5.15. The molecule has 0 bridgehead atoms. The molecular formula is C9H6FO. The average Bonchev–Trinajstić information content (AvgIpc) is 2.33. The lowest BCUT2D eigenvalue weighted by Gasteiger charge is -1.89. The number of fused-ring (bicyclic) bond motifs is 1. The summed E-state index contributed by atoms with van der Waals surface area (Å²) >= 11 is 0. The minimum atomic E-state index is -0.328. The third-order valence-corrected chi connectivity index (χ3v) is 1.59. The average molecular weight is 149 g/mol. The SMILES string of the molecule is [CH2]c1ccc2occ(F)c2c1. The summed E-state index contributed by atoms with van der Waals surface area (Å²) in [5, 5.41) is 0.498. The third-order valence-electron chi connectivity index (χ3n) is 1.59. The Kier molecular flexibility index (Phi) is 1.22. The van der Waals surface area contributed by atoms with Crippen LogP contribution in [0.4, 0.5) is 4.39 Å². The van der Waals surface area contributed by atoms with Gasteiger partial charge in [-0.05, 0) is 24.6 Å². The lowest BCUT2D eigenvalue weighted by molar-refractivity contribution is 0.558. The highest BCUT2D eigenvalue weighted by Crippen LogP contribution is 2.20. The van der Waals surface area contributed by atoms with Crippen LogP contribution in [0.1, 0.15) is 5.56 Å². The number of benzene rings is 1. The molecule has 2 rings (SSSR count). The van der Waals surface area contributed by atoms with E-state index in [4.69, 9.17) is 4.42 Å². The number of hydrogen-bond donors (Lipinski definition) is 0. The van der Waals surface area contributed by atoms with Crippen LogP contribution < -0.4 is 0 Å². The van der Waals surface area contributed by atoms with Gasteiger partial charge >= 0.3 is 0 Å². The highest BCUT2D eigenvalue weighted by molar-refractivity contribution is 5.78. The summed E-state index contributed by atoms with van der Waals surface area (Å²) in [6.07, 6.45) is 1.10. The minimum Gasteiger partial charge on any atom is -0.461 e. The van der Waals surface area contributed by atoms with E-state index in [1.807, 2.05) is 0 Å². The molecule has 0 spiro atoms. The Bertz CT molecular complexity index is 389. The number of halogens is 1.